The highest BCUT2D eigenvalue weighted by molar-refractivity contribution is 6.36. The molecule has 0 saturated heterocycles. The zero-order valence-electron chi connectivity index (χ0n) is 15.2. The van der Waals surface area contributed by atoms with Gasteiger partial charge in [0.25, 0.3) is 5.91 Å². The van der Waals surface area contributed by atoms with E-state index >= 15 is 0 Å². The van der Waals surface area contributed by atoms with E-state index in [-0.39, 0.29) is 5.57 Å². The highest BCUT2D eigenvalue weighted by Crippen LogP contribution is 2.26. The van der Waals surface area contributed by atoms with Crippen LogP contribution in [0.2, 0.25) is 10.0 Å². The fourth-order valence-electron chi connectivity index (χ4n) is 2.50. The van der Waals surface area contributed by atoms with E-state index in [1.54, 1.807) is 36.4 Å². The third-order valence-corrected chi connectivity index (χ3v) is 4.53. The molecule has 1 amide bonds. The van der Waals surface area contributed by atoms with Crippen molar-refractivity contribution in [1.29, 1.82) is 5.26 Å². The number of hydrogen-bond donors (Lipinski definition) is 1. The molecule has 0 atom stereocenters. The second-order valence-corrected chi connectivity index (χ2v) is 6.94. The van der Waals surface area contributed by atoms with E-state index in [4.69, 9.17) is 27.9 Å². The second-order valence-electron chi connectivity index (χ2n) is 6.09. The van der Waals surface area contributed by atoms with Crippen LogP contribution in [0.5, 0.6) is 5.75 Å². The molecule has 3 aromatic rings. The lowest BCUT2D eigenvalue weighted by Gasteiger charge is -2.08. The number of carbonyl (C=O) groups excluding carboxylic acids is 1. The van der Waals surface area contributed by atoms with Gasteiger partial charge in [-0.05, 0) is 47.5 Å². The standard InChI is InChI=1S/C23H16Cl2N2O2/c24-19-8-11-22(21(25)13-19)27-23(28)18(14-26)12-16-6-9-20(10-7-16)29-15-17-4-2-1-3-5-17/h1-13H,15H2,(H,27,28)/b18-12+. The molecule has 0 heterocycles. The maximum atomic E-state index is 12.4. The fourth-order valence-corrected chi connectivity index (χ4v) is 2.95. The first kappa shape index (κ1) is 20.5. The molecule has 6 heteroatoms. The summed E-state index contributed by atoms with van der Waals surface area (Å²) in [4.78, 5) is 12.4. The quantitative estimate of drug-likeness (QED) is 0.384. The molecule has 0 fully saturated rings. The molecular weight excluding hydrogens is 407 g/mol. The molecule has 0 aliphatic rings. The summed E-state index contributed by atoms with van der Waals surface area (Å²) in [6, 6.07) is 23.6. The van der Waals surface area contributed by atoms with Crippen molar-refractivity contribution in [3.63, 3.8) is 0 Å². The van der Waals surface area contributed by atoms with Crippen molar-refractivity contribution in [2.24, 2.45) is 0 Å². The van der Waals surface area contributed by atoms with Crippen molar-refractivity contribution < 1.29 is 9.53 Å². The van der Waals surface area contributed by atoms with Crippen LogP contribution in [0.1, 0.15) is 11.1 Å². The molecule has 29 heavy (non-hydrogen) atoms. The van der Waals surface area contributed by atoms with Crippen LogP contribution in [0.4, 0.5) is 5.69 Å². The van der Waals surface area contributed by atoms with Gasteiger partial charge < -0.3 is 10.1 Å². The molecule has 3 rings (SSSR count). The molecule has 0 aliphatic carbocycles. The van der Waals surface area contributed by atoms with E-state index in [1.807, 2.05) is 36.4 Å². The average molecular weight is 423 g/mol. The van der Waals surface area contributed by atoms with Crippen LogP contribution in [-0.2, 0) is 11.4 Å². The Kier molecular flexibility index (Phi) is 6.91. The van der Waals surface area contributed by atoms with Gasteiger partial charge in [0.2, 0.25) is 0 Å². The molecular formula is C23H16Cl2N2O2. The normalized spacial score (nSPS) is 10.9. The number of carbonyl (C=O) groups is 1. The second kappa shape index (κ2) is 9.79. The number of nitrogens with zero attached hydrogens (tertiary/aromatic N) is 1. The summed E-state index contributed by atoms with van der Waals surface area (Å²) < 4.78 is 5.74. The SMILES string of the molecule is N#C/C(=C\c1ccc(OCc2ccccc2)cc1)C(=O)Nc1ccc(Cl)cc1Cl. The van der Waals surface area contributed by atoms with Gasteiger partial charge in [-0.3, -0.25) is 4.79 Å². The molecule has 4 nitrogen and oxygen atoms in total. The number of amides is 1. The zero-order valence-corrected chi connectivity index (χ0v) is 16.7. The largest absolute Gasteiger partial charge is 0.489 e. The first-order valence-corrected chi connectivity index (χ1v) is 9.46. The van der Waals surface area contributed by atoms with E-state index in [2.05, 4.69) is 5.32 Å². The Balaban J connectivity index is 1.66. The van der Waals surface area contributed by atoms with Gasteiger partial charge in [-0.15, -0.1) is 0 Å². The topological polar surface area (TPSA) is 62.1 Å². The molecule has 0 aliphatic heterocycles. The lowest BCUT2D eigenvalue weighted by Crippen LogP contribution is -2.13. The molecule has 3 aromatic carbocycles. The Hall–Kier alpha value is -3.26. The summed E-state index contributed by atoms with van der Waals surface area (Å²) in [5.74, 6) is 0.142. The number of ether oxygens (including phenoxy) is 1. The van der Waals surface area contributed by atoms with Crippen molar-refractivity contribution >= 4 is 40.9 Å². The minimum absolute atomic E-state index is 0.0472. The Bertz CT molecular complexity index is 1070. The third kappa shape index (κ3) is 5.86. The third-order valence-electron chi connectivity index (χ3n) is 3.98. The van der Waals surface area contributed by atoms with Gasteiger partial charge in [0, 0.05) is 5.02 Å². The van der Waals surface area contributed by atoms with Gasteiger partial charge in [0.15, 0.2) is 0 Å². The number of rotatable bonds is 6. The molecule has 1 N–H and O–H groups in total. The minimum Gasteiger partial charge on any atom is -0.489 e. The van der Waals surface area contributed by atoms with Crippen LogP contribution in [0.15, 0.2) is 78.4 Å². The Morgan fingerprint density at radius 2 is 1.76 bits per heavy atom. The summed E-state index contributed by atoms with van der Waals surface area (Å²) >= 11 is 11.9. The van der Waals surface area contributed by atoms with Crippen molar-refractivity contribution in [2.45, 2.75) is 6.61 Å². The monoisotopic (exact) mass is 422 g/mol. The van der Waals surface area contributed by atoms with Crippen LogP contribution in [0.3, 0.4) is 0 Å². The smallest absolute Gasteiger partial charge is 0.266 e. The summed E-state index contributed by atoms with van der Waals surface area (Å²) in [5, 5.41) is 12.7. The molecule has 0 bridgehead atoms. The lowest BCUT2D eigenvalue weighted by atomic mass is 10.1. The van der Waals surface area contributed by atoms with E-state index in [0.717, 1.165) is 5.56 Å². The highest BCUT2D eigenvalue weighted by atomic mass is 35.5. The molecule has 0 spiro atoms. The Labute approximate surface area is 179 Å². The summed E-state index contributed by atoms with van der Waals surface area (Å²) in [6.45, 7) is 0.462. The van der Waals surface area contributed by atoms with E-state index < -0.39 is 5.91 Å². The fraction of sp³-hybridized carbons (Fsp3) is 0.0435. The Morgan fingerprint density at radius 3 is 2.41 bits per heavy atom. The van der Waals surface area contributed by atoms with Crippen LogP contribution < -0.4 is 10.1 Å². The van der Waals surface area contributed by atoms with E-state index in [9.17, 15) is 10.1 Å². The maximum Gasteiger partial charge on any atom is 0.266 e. The van der Waals surface area contributed by atoms with Gasteiger partial charge in [-0.25, -0.2) is 0 Å². The predicted octanol–water partition coefficient (Wildman–Crippen LogP) is 6.12. The van der Waals surface area contributed by atoms with Crippen LogP contribution in [-0.4, -0.2) is 5.91 Å². The molecule has 144 valence electrons. The summed E-state index contributed by atoms with van der Waals surface area (Å²) in [6.07, 6.45) is 1.50. The van der Waals surface area contributed by atoms with Gasteiger partial charge >= 0.3 is 0 Å². The summed E-state index contributed by atoms with van der Waals surface area (Å²) in [7, 11) is 0. The lowest BCUT2D eigenvalue weighted by molar-refractivity contribution is -0.112. The maximum absolute atomic E-state index is 12.4. The first-order valence-electron chi connectivity index (χ1n) is 8.70. The average Bonchev–Trinajstić information content (AvgIpc) is 2.74. The number of nitriles is 1. The number of halogens is 2. The molecule has 0 aromatic heterocycles. The van der Waals surface area contributed by atoms with Crippen molar-refractivity contribution in [3.8, 4) is 11.8 Å². The van der Waals surface area contributed by atoms with Gasteiger partial charge in [0.1, 0.15) is 24.0 Å². The van der Waals surface area contributed by atoms with E-state index in [0.29, 0.717) is 33.7 Å². The van der Waals surface area contributed by atoms with Gasteiger partial charge in [-0.2, -0.15) is 5.26 Å². The van der Waals surface area contributed by atoms with Crippen LogP contribution in [0.25, 0.3) is 6.08 Å². The number of nitrogens with one attached hydrogen (secondary N) is 1. The number of anilines is 1. The Morgan fingerprint density at radius 1 is 1.03 bits per heavy atom. The van der Waals surface area contributed by atoms with Gasteiger partial charge in [-0.1, -0.05) is 65.7 Å². The molecule has 0 saturated carbocycles. The minimum atomic E-state index is -0.555. The molecule has 0 unspecified atom stereocenters. The van der Waals surface area contributed by atoms with Crippen LogP contribution >= 0.6 is 23.2 Å². The first-order chi connectivity index (χ1) is 14.0. The summed E-state index contributed by atoms with van der Waals surface area (Å²) in [5.41, 5.74) is 2.10. The van der Waals surface area contributed by atoms with Crippen LogP contribution in [0, 0.1) is 11.3 Å². The number of hydrogen-bond acceptors (Lipinski definition) is 3. The van der Waals surface area contributed by atoms with Crippen molar-refractivity contribution in [2.75, 3.05) is 5.32 Å². The predicted molar refractivity (Wildman–Crippen MR) is 116 cm³/mol. The van der Waals surface area contributed by atoms with Crippen molar-refractivity contribution in [3.05, 3.63) is 99.5 Å². The van der Waals surface area contributed by atoms with E-state index in [1.165, 1.54) is 12.1 Å². The zero-order chi connectivity index (χ0) is 20.6. The molecule has 0 radical (unpaired) electrons. The van der Waals surface area contributed by atoms with Gasteiger partial charge in [0.05, 0.1) is 10.7 Å². The van der Waals surface area contributed by atoms with Crippen molar-refractivity contribution in [1.82, 2.24) is 0 Å². The highest BCUT2D eigenvalue weighted by Gasteiger charge is 2.12. The number of benzene rings is 3.